The molecule has 11 nitrogen and oxygen atoms in total. The van der Waals surface area contributed by atoms with Gasteiger partial charge in [-0.05, 0) is 56.2 Å². The van der Waals surface area contributed by atoms with Crippen molar-refractivity contribution in [3.05, 3.63) is 51.3 Å². The Hall–Kier alpha value is -3.76. The Labute approximate surface area is 185 Å². The molecule has 0 spiro atoms. The number of aromatic nitrogens is 3. The van der Waals surface area contributed by atoms with E-state index in [2.05, 4.69) is 15.0 Å². The molecule has 0 saturated carbocycles. The van der Waals surface area contributed by atoms with Crippen LogP contribution in [0.4, 0.5) is 5.82 Å². The van der Waals surface area contributed by atoms with Crippen LogP contribution in [0.25, 0.3) is 0 Å². The van der Waals surface area contributed by atoms with Crippen LogP contribution in [0.3, 0.4) is 0 Å². The van der Waals surface area contributed by atoms with E-state index in [9.17, 15) is 9.59 Å². The minimum Gasteiger partial charge on any atom is -0.483 e. The number of aromatic amines is 1. The summed E-state index contributed by atoms with van der Waals surface area (Å²) in [5.41, 5.74) is 8.90. The van der Waals surface area contributed by atoms with Gasteiger partial charge in [-0.15, -0.1) is 0 Å². The highest BCUT2D eigenvalue weighted by molar-refractivity contribution is 5.76. The molecule has 1 atom stereocenters. The maximum absolute atomic E-state index is 12.6. The second kappa shape index (κ2) is 13.5. The number of carbonyl (C=O) groups is 3. The Morgan fingerprint density at radius 1 is 1.28 bits per heavy atom. The van der Waals surface area contributed by atoms with Crippen LogP contribution in [-0.4, -0.2) is 62.0 Å². The minimum atomic E-state index is -0.338. The molecular weight excluding hydrogens is 418 g/mol. The predicted molar refractivity (Wildman–Crippen MR) is 117 cm³/mol. The summed E-state index contributed by atoms with van der Waals surface area (Å²) in [5.74, 6) is 1.15. The Kier molecular flexibility index (Phi) is 11.1. The fraction of sp³-hybridized carbons (Fsp3) is 0.429. The number of carbonyl (C=O) groups excluding carboxylic acids is 1. The summed E-state index contributed by atoms with van der Waals surface area (Å²) in [7, 11) is 0. The molecular formula is C21H29N5O6. The highest BCUT2D eigenvalue weighted by Gasteiger charge is 2.26. The van der Waals surface area contributed by atoms with Gasteiger partial charge in [0.1, 0.15) is 5.82 Å². The molecule has 5 N–H and O–H groups in total. The van der Waals surface area contributed by atoms with Gasteiger partial charge in [0.05, 0.1) is 0 Å². The number of carboxylic acid groups (broad SMARTS) is 2. The van der Waals surface area contributed by atoms with E-state index in [4.69, 9.17) is 25.5 Å². The number of likely N-dealkylation sites (tertiary alicyclic amines) is 1. The van der Waals surface area contributed by atoms with Crippen LogP contribution in [0, 0.1) is 19.8 Å². The van der Waals surface area contributed by atoms with Gasteiger partial charge in [0, 0.05) is 37.1 Å². The summed E-state index contributed by atoms with van der Waals surface area (Å²) >= 11 is 0. The van der Waals surface area contributed by atoms with Gasteiger partial charge in [0.2, 0.25) is 5.91 Å². The van der Waals surface area contributed by atoms with Crippen molar-refractivity contribution in [3.8, 4) is 0 Å². The lowest BCUT2D eigenvalue weighted by atomic mass is 10.00. The lowest BCUT2D eigenvalue weighted by Gasteiger charge is -2.17. The maximum Gasteiger partial charge on any atom is 0.345 e. The first kappa shape index (κ1) is 26.3. The molecule has 174 valence electrons. The summed E-state index contributed by atoms with van der Waals surface area (Å²) in [6, 6.07) is 3.82. The lowest BCUT2D eigenvalue weighted by Crippen LogP contribution is -2.29. The van der Waals surface area contributed by atoms with E-state index in [1.54, 1.807) is 0 Å². The molecule has 1 aliphatic heterocycles. The zero-order chi connectivity index (χ0) is 24.1. The van der Waals surface area contributed by atoms with Crippen LogP contribution in [0.2, 0.25) is 0 Å². The van der Waals surface area contributed by atoms with Crippen molar-refractivity contribution >= 4 is 24.7 Å². The number of aryl methyl sites for hydroxylation is 2. The number of nitrogen functional groups attached to an aromatic ring is 1. The van der Waals surface area contributed by atoms with Crippen molar-refractivity contribution in [1.29, 1.82) is 0 Å². The molecule has 1 fully saturated rings. The van der Waals surface area contributed by atoms with Gasteiger partial charge in [-0.2, -0.15) is 4.98 Å². The fourth-order valence-corrected chi connectivity index (χ4v) is 3.63. The highest BCUT2D eigenvalue weighted by atomic mass is 16.3. The molecule has 11 heteroatoms. The standard InChI is InChI=1S/C19H25N5O2.2CH2O2/c1-12-16(13(2)23-19(26)22-12)4-6-18(25)24-8-7-15(11-24)9-14-3-5-17(20)21-10-14;2*2-1-3/h3,5,10,15H,4,6-9,11H2,1-2H3,(H2,20,21)(H,22,23,26);2*1H,(H,2,3). The van der Waals surface area contributed by atoms with E-state index < -0.39 is 0 Å². The normalized spacial score (nSPS) is 14.4. The van der Waals surface area contributed by atoms with Gasteiger partial charge < -0.3 is 25.8 Å². The van der Waals surface area contributed by atoms with E-state index in [-0.39, 0.29) is 24.5 Å². The van der Waals surface area contributed by atoms with Crippen LogP contribution in [0.5, 0.6) is 0 Å². The Morgan fingerprint density at radius 3 is 2.50 bits per heavy atom. The Balaban J connectivity index is 0.000000769. The average Bonchev–Trinajstić information content (AvgIpc) is 3.19. The lowest BCUT2D eigenvalue weighted by molar-refractivity contribution is -0.130. The highest BCUT2D eigenvalue weighted by Crippen LogP contribution is 2.22. The van der Waals surface area contributed by atoms with Crippen molar-refractivity contribution in [1.82, 2.24) is 19.9 Å². The van der Waals surface area contributed by atoms with Gasteiger partial charge >= 0.3 is 5.69 Å². The van der Waals surface area contributed by atoms with E-state index in [1.807, 2.05) is 37.1 Å². The SMILES string of the molecule is Cc1nc(=O)[nH]c(C)c1CCC(=O)N1CCC(Cc2ccc(N)nc2)C1.O=CO.O=CO. The fourth-order valence-electron chi connectivity index (χ4n) is 3.63. The van der Waals surface area contributed by atoms with Gasteiger partial charge in [-0.1, -0.05) is 6.07 Å². The van der Waals surface area contributed by atoms with Crippen LogP contribution in [0.1, 0.15) is 35.4 Å². The van der Waals surface area contributed by atoms with E-state index in [0.29, 0.717) is 30.3 Å². The van der Waals surface area contributed by atoms with Crippen molar-refractivity contribution in [2.24, 2.45) is 5.92 Å². The summed E-state index contributed by atoms with van der Waals surface area (Å²) in [6.07, 6.45) is 4.77. The number of rotatable bonds is 5. The second-order valence-electron chi connectivity index (χ2n) is 7.23. The number of H-pyrrole nitrogens is 1. The Bertz CT molecular complexity index is 912. The number of anilines is 1. The van der Waals surface area contributed by atoms with Gasteiger partial charge in [-0.25, -0.2) is 9.78 Å². The third-order valence-corrected chi connectivity index (χ3v) is 5.05. The molecule has 3 heterocycles. The van der Waals surface area contributed by atoms with Crippen LogP contribution < -0.4 is 11.4 Å². The number of nitrogens with two attached hydrogens (primary N) is 1. The van der Waals surface area contributed by atoms with Gasteiger partial charge in [0.15, 0.2) is 0 Å². The van der Waals surface area contributed by atoms with Gasteiger partial charge in [-0.3, -0.25) is 14.4 Å². The number of hydrogen-bond donors (Lipinski definition) is 4. The largest absolute Gasteiger partial charge is 0.483 e. The van der Waals surface area contributed by atoms with Crippen molar-refractivity contribution < 1.29 is 24.6 Å². The number of hydrogen-bond acceptors (Lipinski definition) is 7. The van der Waals surface area contributed by atoms with Crippen LogP contribution >= 0.6 is 0 Å². The molecule has 0 radical (unpaired) electrons. The first-order valence-corrected chi connectivity index (χ1v) is 9.95. The molecule has 1 aliphatic rings. The van der Waals surface area contributed by atoms with Crippen LogP contribution in [0.15, 0.2) is 23.1 Å². The molecule has 3 rings (SSSR count). The van der Waals surface area contributed by atoms with Gasteiger partial charge in [0.25, 0.3) is 12.9 Å². The third kappa shape index (κ3) is 8.54. The molecule has 2 aromatic heterocycles. The average molecular weight is 447 g/mol. The molecule has 1 amide bonds. The summed E-state index contributed by atoms with van der Waals surface area (Å²) < 4.78 is 0. The van der Waals surface area contributed by atoms with Crippen molar-refractivity contribution in [3.63, 3.8) is 0 Å². The van der Waals surface area contributed by atoms with E-state index in [0.717, 1.165) is 42.8 Å². The molecule has 1 unspecified atom stereocenters. The number of pyridine rings is 1. The first-order chi connectivity index (χ1) is 15.2. The number of amides is 1. The molecule has 0 aromatic carbocycles. The summed E-state index contributed by atoms with van der Waals surface area (Å²) in [5, 5.41) is 13.8. The molecule has 0 bridgehead atoms. The number of nitrogens with one attached hydrogen (secondary N) is 1. The minimum absolute atomic E-state index is 0.160. The van der Waals surface area contributed by atoms with Crippen molar-refractivity contribution in [2.75, 3.05) is 18.8 Å². The predicted octanol–water partition coefficient (Wildman–Crippen LogP) is 0.789. The summed E-state index contributed by atoms with van der Waals surface area (Å²) in [6.45, 7) is 4.75. The summed E-state index contributed by atoms with van der Waals surface area (Å²) in [4.78, 5) is 53.3. The van der Waals surface area contributed by atoms with E-state index >= 15 is 0 Å². The Morgan fingerprint density at radius 2 is 1.94 bits per heavy atom. The van der Waals surface area contributed by atoms with E-state index in [1.165, 1.54) is 0 Å². The molecule has 1 saturated heterocycles. The maximum atomic E-state index is 12.6. The number of nitrogens with zero attached hydrogens (tertiary/aromatic N) is 3. The van der Waals surface area contributed by atoms with Crippen molar-refractivity contribution in [2.45, 2.75) is 39.5 Å². The zero-order valence-corrected chi connectivity index (χ0v) is 18.2. The van der Waals surface area contributed by atoms with Crippen LogP contribution in [-0.2, 0) is 27.2 Å². The zero-order valence-electron chi connectivity index (χ0n) is 18.2. The first-order valence-electron chi connectivity index (χ1n) is 9.95. The molecule has 0 aliphatic carbocycles. The topological polar surface area (TPSA) is 180 Å². The quantitative estimate of drug-likeness (QED) is 0.482. The molecule has 32 heavy (non-hydrogen) atoms. The molecule has 2 aromatic rings. The smallest absolute Gasteiger partial charge is 0.345 e. The third-order valence-electron chi connectivity index (χ3n) is 5.05. The monoisotopic (exact) mass is 447 g/mol. The second-order valence-corrected chi connectivity index (χ2v) is 7.23.